The van der Waals surface area contributed by atoms with E-state index in [4.69, 9.17) is 4.74 Å². The minimum Gasteiger partial charge on any atom is -0.378 e. The van der Waals surface area contributed by atoms with Crippen LogP contribution >= 0.6 is 0 Å². The summed E-state index contributed by atoms with van der Waals surface area (Å²) in [6.07, 6.45) is 3.81. The molecule has 0 saturated carbocycles. The fourth-order valence-corrected chi connectivity index (χ4v) is 3.18. The van der Waals surface area contributed by atoms with Crippen LogP contribution in [0.1, 0.15) is 43.4 Å². The molecule has 2 rings (SSSR count). The van der Waals surface area contributed by atoms with E-state index in [-0.39, 0.29) is 5.41 Å². The summed E-state index contributed by atoms with van der Waals surface area (Å²) in [5, 5.41) is 3.61. The molecule has 1 aromatic rings. The van der Waals surface area contributed by atoms with E-state index in [1.54, 1.807) is 0 Å². The standard InChI is InChI=1S/C18H29NO/c1-5-9-19-13-18(8-10-20-16(18)4)12-17-7-6-14(2)15(3)11-17/h6-7,11,16,19H,5,8-10,12-13H2,1-4H3. The molecule has 1 fully saturated rings. The van der Waals surface area contributed by atoms with Crippen molar-refractivity contribution < 1.29 is 4.74 Å². The zero-order valence-corrected chi connectivity index (χ0v) is 13.5. The number of rotatable bonds is 6. The molecular formula is C18H29NO. The normalized spacial score (nSPS) is 26.1. The summed E-state index contributed by atoms with van der Waals surface area (Å²) in [5.74, 6) is 0. The number of aryl methyl sites for hydroxylation is 2. The Morgan fingerprint density at radius 2 is 2.10 bits per heavy atom. The molecule has 20 heavy (non-hydrogen) atoms. The van der Waals surface area contributed by atoms with Gasteiger partial charge in [0.25, 0.3) is 0 Å². The van der Waals surface area contributed by atoms with E-state index in [1.807, 2.05) is 0 Å². The van der Waals surface area contributed by atoms with Gasteiger partial charge in [0.05, 0.1) is 6.10 Å². The van der Waals surface area contributed by atoms with E-state index in [1.165, 1.54) is 23.1 Å². The number of hydrogen-bond donors (Lipinski definition) is 1. The Morgan fingerprint density at radius 1 is 1.30 bits per heavy atom. The van der Waals surface area contributed by atoms with Crippen LogP contribution in [0.25, 0.3) is 0 Å². The van der Waals surface area contributed by atoms with Crippen LogP contribution in [-0.4, -0.2) is 25.8 Å². The van der Waals surface area contributed by atoms with Crippen LogP contribution in [0.3, 0.4) is 0 Å². The highest BCUT2D eigenvalue weighted by atomic mass is 16.5. The SMILES string of the molecule is CCCNCC1(Cc2ccc(C)c(C)c2)CCOC1C. The van der Waals surface area contributed by atoms with Gasteiger partial charge in [-0.2, -0.15) is 0 Å². The number of hydrogen-bond acceptors (Lipinski definition) is 2. The van der Waals surface area contributed by atoms with E-state index < -0.39 is 0 Å². The summed E-state index contributed by atoms with van der Waals surface area (Å²) < 4.78 is 5.89. The van der Waals surface area contributed by atoms with Gasteiger partial charge in [0.2, 0.25) is 0 Å². The van der Waals surface area contributed by atoms with Crippen molar-refractivity contribution in [3.63, 3.8) is 0 Å². The Balaban J connectivity index is 2.12. The van der Waals surface area contributed by atoms with Crippen molar-refractivity contribution in [3.05, 3.63) is 34.9 Å². The molecule has 2 unspecified atom stereocenters. The minimum atomic E-state index is 0.261. The third-order valence-corrected chi connectivity index (χ3v) is 4.86. The Kier molecular flexibility index (Phi) is 5.22. The van der Waals surface area contributed by atoms with Gasteiger partial charge in [-0.1, -0.05) is 25.1 Å². The van der Waals surface area contributed by atoms with Gasteiger partial charge in [0.1, 0.15) is 0 Å². The first-order chi connectivity index (χ1) is 9.57. The second-order valence-electron chi connectivity index (χ2n) is 6.40. The third-order valence-electron chi connectivity index (χ3n) is 4.86. The van der Waals surface area contributed by atoms with Gasteiger partial charge in [-0.25, -0.2) is 0 Å². The molecule has 2 heteroatoms. The van der Waals surface area contributed by atoms with Gasteiger partial charge in [0, 0.05) is 18.6 Å². The second kappa shape index (κ2) is 6.73. The molecule has 2 atom stereocenters. The quantitative estimate of drug-likeness (QED) is 0.800. The lowest BCUT2D eigenvalue weighted by molar-refractivity contribution is 0.0631. The molecule has 1 heterocycles. The predicted molar refractivity (Wildman–Crippen MR) is 85.2 cm³/mol. The lowest BCUT2D eigenvalue weighted by Crippen LogP contribution is -2.41. The summed E-state index contributed by atoms with van der Waals surface area (Å²) in [7, 11) is 0. The molecule has 1 aliphatic heterocycles. The molecule has 1 aliphatic rings. The highest BCUT2D eigenvalue weighted by Gasteiger charge is 2.41. The molecule has 0 amide bonds. The van der Waals surface area contributed by atoms with Gasteiger partial charge in [-0.15, -0.1) is 0 Å². The average Bonchev–Trinajstić information content (AvgIpc) is 2.76. The van der Waals surface area contributed by atoms with Gasteiger partial charge >= 0.3 is 0 Å². The van der Waals surface area contributed by atoms with Gasteiger partial charge in [-0.05, 0) is 63.3 Å². The summed E-state index contributed by atoms with van der Waals surface area (Å²) >= 11 is 0. The Bertz CT molecular complexity index is 443. The molecule has 0 aromatic heterocycles. The lowest BCUT2D eigenvalue weighted by Gasteiger charge is -2.33. The van der Waals surface area contributed by atoms with E-state index in [2.05, 4.69) is 51.2 Å². The maximum Gasteiger partial charge on any atom is 0.0619 e. The maximum absolute atomic E-state index is 5.89. The first-order valence-corrected chi connectivity index (χ1v) is 7.96. The summed E-state index contributed by atoms with van der Waals surface area (Å²) in [6.45, 7) is 11.9. The van der Waals surface area contributed by atoms with Crippen molar-refractivity contribution in [2.24, 2.45) is 5.41 Å². The van der Waals surface area contributed by atoms with Gasteiger partial charge in [-0.3, -0.25) is 0 Å². The summed E-state index contributed by atoms with van der Waals surface area (Å²) in [4.78, 5) is 0. The zero-order chi connectivity index (χ0) is 14.6. The van der Waals surface area contributed by atoms with Crippen molar-refractivity contribution in [3.8, 4) is 0 Å². The van der Waals surface area contributed by atoms with E-state index in [0.29, 0.717) is 6.10 Å². The molecular weight excluding hydrogens is 246 g/mol. The highest BCUT2D eigenvalue weighted by molar-refractivity contribution is 5.31. The molecule has 0 aliphatic carbocycles. The van der Waals surface area contributed by atoms with Crippen LogP contribution in [0.2, 0.25) is 0 Å². The van der Waals surface area contributed by atoms with Crippen LogP contribution in [0.5, 0.6) is 0 Å². The van der Waals surface area contributed by atoms with Gasteiger partial charge in [0.15, 0.2) is 0 Å². The van der Waals surface area contributed by atoms with Gasteiger partial charge < -0.3 is 10.1 Å². The molecule has 112 valence electrons. The maximum atomic E-state index is 5.89. The van der Waals surface area contributed by atoms with Crippen molar-refractivity contribution in [1.29, 1.82) is 0 Å². The minimum absolute atomic E-state index is 0.261. The van der Waals surface area contributed by atoms with Crippen molar-refractivity contribution in [2.75, 3.05) is 19.7 Å². The van der Waals surface area contributed by atoms with Crippen LogP contribution in [-0.2, 0) is 11.2 Å². The van der Waals surface area contributed by atoms with Crippen LogP contribution in [0, 0.1) is 19.3 Å². The largest absolute Gasteiger partial charge is 0.378 e. The Labute approximate surface area is 123 Å². The van der Waals surface area contributed by atoms with Crippen LogP contribution in [0.4, 0.5) is 0 Å². The number of benzene rings is 1. The monoisotopic (exact) mass is 275 g/mol. The van der Waals surface area contributed by atoms with Crippen LogP contribution in [0.15, 0.2) is 18.2 Å². The lowest BCUT2D eigenvalue weighted by atomic mass is 9.76. The molecule has 0 radical (unpaired) electrons. The van der Waals surface area contributed by atoms with E-state index in [9.17, 15) is 0 Å². The molecule has 1 saturated heterocycles. The topological polar surface area (TPSA) is 21.3 Å². The third kappa shape index (κ3) is 3.42. The van der Waals surface area contributed by atoms with Crippen molar-refractivity contribution in [2.45, 2.75) is 53.1 Å². The molecule has 1 N–H and O–H groups in total. The molecule has 0 bridgehead atoms. The predicted octanol–water partition coefficient (Wildman–Crippen LogP) is 3.64. The van der Waals surface area contributed by atoms with Crippen molar-refractivity contribution in [1.82, 2.24) is 5.32 Å². The fourth-order valence-electron chi connectivity index (χ4n) is 3.18. The Morgan fingerprint density at radius 3 is 2.70 bits per heavy atom. The van der Waals surface area contributed by atoms with E-state index >= 15 is 0 Å². The smallest absolute Gasteiger partial charge is 0.0619 e. The summed E-state index contributed by atoms with van der Waals surface area (Å²) in [5.41, 5.74) is 4.48. The Hall–Kier alpha value is -0.860. The number of nitrogens with one attached hydrogen (secondary N) is 1. The second-order valence-corrected chi connectivity index (χ2v) is 6.40. The molecule has 1 aromatic carbocycles. The zero-order valence-electron chi connectivity index (χ0n) is 13.5. The van der Waals surface area contributed by atoms with Crippen molar-refractivity contribution >= 4 is 0 Å². The summed E-state index contributed by atoms with van der Waals surface area (Å²) in [6, 6.07) is 6.88. The average molecular weight is 275 g/mol. The first kappa shape index (κ1) is 15.5. The first-order valence-electron chi connectivity index (χ1n) is 7.96. The van der Waals surface area contributed by atoms with E-state index in [0.717, 1.165) is 32.5 Å². The highest BCUT2D eigenvalue weighted by Crippen LogP contribution is 2.38. The fraction of sp³-hybridized carbons (Fsp3) is 0.667. The van der Waals surface area contributed by atoms with Crippen LogP contribution < -0.4 is 5.32 Å². The number of ether oxygens (including phenoxy) is 1. The molecule has 0 spiro atoms. The molecule has 2 nitrogen and oxygen atoms in total.